The number of nitro groups is 1. The molecule has 1 heterocycles. The van der Waals surface area contributed by atoms with Gasteiger partial charge in [-0.2, -0.15) is 0 Å². The molecular formula is C13H10N2O2. The molecule has 84 valence electrons. The fourth-order valence-corrected chi connectivity index (χ4v) is 2.05. The predicted octanol–water partition coefficient (Wildman–Crippen LogP) is 3.42. The number of hydrogen-bond acceptors (Lipinski definition) is 2. The van der Waals surface area contributed by atoms with Crippen molar-refractivity contribution in [3.63, 3.8) is 0 Å². The Balaban J connectivity index is 2.09. The van der Waals surface area contributed by atoms with E-state index in [0.717, 1.165) is 23.0 Å². The number of hydrogen-bond donors (Lipinski definition) is 1. The lowest BCUT2D eigenvalue weighted by Gasteiger charge is -1.95. The van der Waals surface area contributed by atoms with Crippen LogP contribution in [0.15, 0.2) is 42.5 Å². The predicted molar refractivity (Wildman–Crippen MR) is 66.7 cm³/mol. The van der Waals surface area contributed by atoms with Crippen LogP contribution in [0.2, 0.25) is 0 Å². The van der Waals surface area contributed by atoms with Gasteiger partial charge in [0.15, 0.2) is 0 Å². The molecule has 0 amide bonds. The van der Waals surface area contributed by atoms with Crippen LogP contribution in [0.25, 0.3) is 16.5 Å². The number of fused-ring (bicyclic) bond motifs is 1. The summed E-state index contributed by atoms with van der Waals surface area (Å²) in [6.45, 7) is 0. The molecule has 0 saturated carbocycles. The maximum atomic E-state index is 10.7. The van der Waals surface area contributed by atoms with Crippen molar-refractivity contribution >= 4 is 22.2 Å². The first-order valence-corrected chi connectivity index (χ1v) is 5.37. The van der Waals surface area contributed by atoms with Crippen LogP contribution < -0.4 is 0 Å². The molecule has 0 spiro atoms. The summed E-state index contributed by atoms with van der Waals surface area (Å²) in [5.41, 5.74) is 3.30. The summed E-state index contributed by atoms with van der Waals surface area (Å²) in [6, 6.07) is 6.82. The minimum Gasteiger partial charge on any atom is -0.355 e. The lowest BCUT2D eigenvalue weighted by Crippen LogP contribution is -1.86. The van der Waals surface area contributed by atoms with Crippen molar-refractivity contribution in [2.45, 2.75) is 6.42 Å². The second-order valence-corrected chi connectivity index (χ2v) is 4.04. The Labute approximate surface area is 97.4 Å². The van der Waals surface area contributed by atoms with Crippen LogP contribution in [0.4, 0.5) is 5.69 Å². The quantitative estimate of drug-likeness (QED) is 0.630. The van der Waals surface area contributed by atoms with Crippen LogP contribution in [0.1, 0.15) is 12.1 Å². The number of rotatable bonds is 2. The van der Waals surface area contributed by atoms with Crippen molar-refractivity contribution in [1.29, 1.82) is 0 Å². The zero-order chi connectivity index (χ0) is 11.8. The van der Waals surface area contributed by atoms with Crippen LogP contribution in [0.5, 0.6) is 0 Å². The first-order valence-electron chi connectivity index (χ1n) is 5.37. The molecule has 0 atom stereocenters. The molecule has 1 aromatic heterocycles. The van der Waals surface area contributed by atoms with Gasteiger partial charge in [-0.15, -0.1) is 0 Å². The molecule has 17 heavy (non-hydrogen) atoms. The minimum atomic E-state index is -0.373. The third-order valence-corrected chi connectivity index (χ3v) is 2.93. The van der Waals surface area contributed by atoms with Gasteiger partial charge in [-0.05, 0) is 24.1 Å². The highest BCUT2D eigenvalue weighted by atomic mass is 16.6. The van der Waals surface area contributed by atoms with Gasteiger partial charge in [0.05, 0.1) is 4.92 Å². The molecule has 0 bridgehead atoms. The van der Waals surface area contributed by atoms with Gasteiger partial charge in [-0.1, -0.05) is 18.2 Å². The minimum absolute atomic E-state index is 0.126. The Bertz CT molecular complexity index is 665. The van der Waals surface area contributed by atoms with Crippen molar-refractivity contribution in [1.82, 2.24) is 4.98 Å². The number of non-ortho nitro benzene ring substituents is 1. The molecule has 3 rings (SSSR count). The van der Waals surface area contributed by atoms with Crippen molar-refractivity contribution in [2.24, 2.45) is 0 Å². The third-order valence-electron chi connectivity index (χ3n) is 2.93. The summed E-state index contributed by atoms with van der Waals surface area (Å²) >= 11 is 0. The second kappa shape index (κ2) is 3.59. The Morgan fingerprint density at radius 1 is 1.29 bits per heavy atom. The second-order valence-electron chi connectivity index (χ2n) is 4.04. The first-order chi connectivity index (χ1) is 8.24. The van der Waals surface area contributed by atoms with E-state index in [9.17, 15) is 10.1 Å². The number of aromatic amines is 1. The van der Waals surface area contributed by atoms with Gasteiger partial charge in [0.2, 0.25) is 0 Å². The molecule has 4 heteroatoms. The zero-order valence-electron chi connectivity index (χ0n) is 9.01. The highest BCUT2D eigenvalue weighted by molar-refractivity contribution is 5.87. The summed E-state index contributed by atoms with van der Waals surface area (Å²) < 4.78 is 0. The van der Waals surface area contributed by atoms with Gasteiger partial charge in [0.1, 0.15) is 0 Å². The van der Waals surface area contributed by atoms with Crippen LogP contribution in [0, 0.1) is 10.1 Å². The number of nitro benzene ring substituents is 1. The average Bonchev–Trinajstić information content (AvgIpc) is 2.96. The molecule has 2 aromatic rings. The van der Waals surface area contributed by atoms with Gasteiger partial charge in [-0.3, -0.25) is 10.1 Å². The van der Waals surface area contributed by atoms with E-state index < -0.39 is 0 Å². The lowest BCUT2D eigenvalue weighted by molar-refractivity contribution is -0.384. The summed E-state index contributed by atoms with van der Waals surface area (Å²) in [4.78, 5) is 13.6. The van der Waals surface area contributed by atoms with Crippen LogP contribution in [-0.2, 0) is 0 Å². The Hall–Kier alpha value is -2.36. The summed E-state index contributed by atoms with van der Waals surface area (Å²) in [5, 5.41) is 11.6. The highest BCUT2D eigenvalue weighted by Gasteiger charge is 2.10. The maximum absolute atomic E-state index is 10.7. The number of H-pyrrole nitrogens is 1. The summed E-state index contributed by atoms with van der Waals surface area (Å²) in [6.07, 6.45) is 7.07. The average molecular weight is 226 g/mol. The molecular weight excluding hydrogens is 216 g/mol. The molecule has 0 radical (unpaired) electrons. The molecule has 0 saturated heterocycles. The van der Waals surface area contributed by atoms with E-state index in [1.165, 1.54) is 11.6 Å². The number of benzene rings is 1. The standard InChI is InChI=1S/C13H10N2O2/c16-15(17)11-5-6-12-10(7-11)8-13(14-12)9-3-1-2-4-9/h1-3,5-8,14H,4H2. The SMILES string of the molecule is O=[N+]([O-])c1ccc2[nH]c(C3=CC=CC3)cc2c1. The van der Waals surface area contributed by atoms with Crippen LogP contribution >= 0.6 is 0 Å². The lowest BCUT2D eigenvalue weighted by atomic mass is 10.1. The number of aromatic nitrogens is 1. The monoisotopic (exact) mass is 226 g/mol. The summed E-state index contributed by atoms with van der Waals surface area (Å²) in [7, 11) is 0. The van der Waals surface area contributed by atoms with Gasteiger partial charge in [0, 0.05) is 28.7 Å². The van der Waals surface area contributed by atoms with Crippen molar-refractivity contribution < 1.29 is 4.92 Å². The number of nitrogens with zero attached hydrogens (tertiary/aromatic N) is 1. The third kappa shape index (κ3) is 1.63. The molecule has 1 aliphatic rings. The molecule has 1 N–H and O–H groups in total. The van der Waals surface area contributed by atoms with Gasteiger partial charge < -0.3 is 4.98 Å². The highest BCUT2D eigenvalue weighted by Crippen LogP contribution is 2.28. The smallest absolute Gasteiger partial charge is 0.270 e. The largest absolute Gasteiger partial charge is 0.355 e. The fourth-order valence-electron chi connectivity index (χ4n) is 2.05. The van der Waals surface area contributed by atoms with E-state index >= 15 is 0 Å². The molecule has 0 unspecified atom stereocenters. The molecule has 4 nitrogen and oxygen atoms in total. The molecule has 0 aliphatic heterocycles. The number of allylic oxidation sites excluding steroid dienone is 4. The Kier molecular flexibility index (Phi) is 2.08. The van der Waals surface area contributed by atoms with E-state index in [1.807, 2.05) is 12.1 Å². The van der Waals surface area contributed by atoms with E-state index in [2.05, 4.69) is 17.1 Å². The van der Waals surface area contributed by atoms with E-state index in [-0.39, 0.29) is 10.6 Å². The molecule has 0 fully saturated rings. The maximum Gasteiger partial charge on any atom is 0.270 e. The Morgan fingerprint density at radius 2 is 2.18 bits per heavy atom. The first kappa shape index (κ1) is 9.84. The van der Waals surface area contributed by atoms with E-state index in [4.69, 9.17) is 0 Å². The van der Waals surface area contributed by atoms with Crippen LogP contribution in [0.3, 0.4) is 0 Å². The van der Waals surface area contributed by atoms with E-state index in [0.29, 0.717) is 0 Å². The molecule has 1 aromatic carbocycles. The zero-order valence-corrected chi connectivity index (χ0v) is 9.01. The fraction of sp³-hybridized carbons (Fsp3) is 0.0769. The molecule has 1 aliphatic carbocycles. The Morgan fingerprint density at radius 3 is 2.88 bits per heavy atom. The van der Waals surface area contributed by atoms with E-state index in [1.54, 1.807) is 12.1 Å². The van der Waals surface area contributed by atoms with Crippen molar-refractivity contribution in [3.05, 3.63) is 58.3 Å². The normalized spacial score (nSPS) is 14.2. The number of nitrogens with one attached hydrogen (secondary N) is 1. The van der Waals surface area contributed by atoms with Crippen LogP contribution in [-0.4, -0.2) is 9.91 Å². The van der Waals surface area contributed by atoms with Gasteiger partial charge in [-0.25, -0.2) is 0 Å². The topological polar surface area (TPSA) is 58.9 Å². The van der Waals surface area contributed by atoms with Crippen molar-refractivity contribution in [3.8, 4) is 0 Å². The summed E-state index contributed by atoms with van der Waals surface area (Å²) in [5.74, 6) is 0. The van der Waals surface area contributed by atoms with Gasteiger partial charge >= 0.3 is 0 Å². The van der Waals surface area contributed by atoms with Crippen molar-refractivity contribution in [2.75, 3.05) is 0 Å². The van der Waals surface area contributed by atoms with Gasteiger partial charge in [0.25, 0.3) is 5.69 Å².